The minimum atomic E-state index is -0.513. The summed E-state index contributed by atoms with van der Waals surface area (Å²) in [5.74, 6) is -1.02. The third-order valence-electron chi connectivity index (χ3n) is 6.50. The van der Waals surface area contributed by atoms with Crippen molar-refractivity contribution in [2.24, 2.45) is 0 Å². The van der Waals surface area contributed by atoms with Crippen LogP contribution < -0.4 is 16.0 Å². The molecule has 0 bridgehead atoms. The van der Waals surface area contributed by atoms with Crippen LogP contribution >= 0.6 is 23.4 Å². The van der Waals surface area contributed by atoms with Crippen molar-refractivity contribution >= 4 is 58.5 Å². The second-order valence-corrected chi connectivity index (χ2v) is 11.3. The molecule has 3 amide bonds. The van der Waals surface area contributed by atoms with Crippen LogP contribution in [0.15, 0.2) is 108 Å². The van der Waals surface area contributed by atoms with Crippen molar-refractivity contribution < 1.29 is 14.4 Å². The predicted octanol–water partition coefficient (Wildman–Crippen LogP) is 7.88. The second-order valence-electron chi connectivity index (χ2n) is 9.65. The fraction of sp³-hybridized carbons (Fsp3) is 0.147. The molecule has 8 heteroatoms. The van der Waals surface area contributed by atoms with Crippen molar-refractivity contribution in [2.45, 2.75) is 37.3 Å². The first-order valence-electron chi connectivity index (χ1n) is 13.5. The zero-order valence-electron chi connectivity index (χ0n) is 23.6. The topological polar surface area (TPSA) is 87.3 Å². The number of amides is 3. The average Bonchev–Trinajstić information content (AvgIpc) is 2.99. The van der Waals surface area contributed by atoms with Gasteiger partial charge in [0.05, 0.1) is 5.25 Å². The van der Waals surface area contributed by atoms with E-state index in [9.17, 15) is 14.4 Å². The van der Waals surface area contributed by atoms with Crippen LogP contribution in [0.1, 0.15) is 40.4 Å². The Bertz CT molecular complexity index is 1600. The third kappa shape index (κ3) is 8.12. The van der Waals surface area contributed by atoms with Crippen LogP contribution in [0, 0.1) is 13.8 Å². The molecule has 4 rings (SSSR count). The van der Waals surface area contributed by atoms with Gasteiger partial charge in [-0.1, -0.05) is 79.2 Å². The van der Waals surface area contributed by atoms with Gasteiger partial charge in [0.15, 0.2) is 0 Å². The van der Waals surface area contributed by atoms with Crippen molar-refractivity contribution in [3.63, 3.8) is 0 Å². The summed E-state index contributed by atoms with van der Waals surface area (Å²) in [4.78, 5) is 40.4. The van der Waals surface area contributed by atoms with Gasteiger partial charge >= 0.3 is 0 Å². The maximum Gasteiger partial charge on any atom is 0.272 e. The largest absolute Gasteiger partial charge is 0.325 e. The first-order valence-corrected chi connectivity index (χ1v) is 14.8. The zero-order valence-corrected chi connectivity index (χ0v) is 25.2. The molecule has 0 fully saturated rings. The molecule has 0 radical (unpaired) electrons. The van der Waals surface area contributed by atoms with E-state index < -0.39 is 11.8 Å². The lowest BCUT2D eigenvalue weighted by atomic mass is 10.1. The molecular weight excluding hydrogens is 566 g/mol. The highest BCUT2D eigenvalue weighted by Gasteiger charge is 2.20. The molecule has 1 atom stereocenters. The Kier molecular flexibility index (Phi) is 10.6. The summed E-state index contributed by atoms with van der Waals surface area (Å²) in [6, 6.07) is 28.9. The molecule has 0 saturated carbocycles. The van der Waals surface area contributed by atoms with E-state index in [1.54, 1.807) is 60.7 Å². The number of para-hydroxylation sites is 1. The normalized spacial score (nSPS) is 11.9. The highest BCUT2D eigenvalue weighted by Crippen LogP contribution is 2.30. The standard InChI is InChI=1S/C34H32ClN3O3S/c1-4-30(34(41)38-31-22(2)12-10-13-23(31)3)42-27-18-11-17-26(21-27)36-33(40)29(20-25-16-8-9-19-28(25)35)37-32(39)24-14-6-5-7-15-24/h5-21,30H,4H2,1-3H3,(H,36,40)(H,37,39)(H,38,41)/b29-20+. The number of aryl methyl sites for hydroxylation is 2. The number of carbonyl (C=O) groups is 3. The van der Waals surface area contributed by atoms with Crippen LogP contribution in [0.5, 0.6) is 0 Å². The molecule has 0 spiro atoms. The van der Waals surface area contributed by atoms with Gasteiger partial charge in [-0.05, 0) is 79.4 Å². The molecule has 0 heterocycles. The number of thioether (sulfide) groups is 1. The Morgan fingerprint density at radius 2 is 1.50 bits per heavy atom. The van der Waals surface area contributed by atoms with Gasteiger partial charge in [0.25, 0.3) is 11.8 Å². The predicted molar refractivity (Wildman–Crippen MR) is 173 cm³/mol. The molecule has 6 nitrogen and oxygen atoms in total. The Hall–Kier alpha value is -4.33. The first-order chi connectivity index (χ1) is 20.2. The molecule has 0 aliphatic carbocycles. The SMILES string of the molecule is CCC(Sc1cccc(NC(=O)/C(=C\c2ccccc2Cl)NC(=O)c2ccccc2)c1)C(=O)Nc1c(C)cccc1C. The van der Waals surface area contributed by atoms with Crippen LogP contribution in [-0.4, -0.2) is 23.0 Å². The van der Waals surface area contributed by atoms with Crippen LogP contribution in [0.25, 0.3) is 6.08 Å². The van der Waals surface area contributed by atoms with Gasteiger partial charge in [-0.15, -0.1) is 11.8 Å². The molecule has 42 heavy (non-hydrogen) atoms. The van der Waals surface area contributed by atoms with E-state index >= 15 is 0 Å². The number of hydrogen-bond acceptors (Lipinski definition) is 4. The Labute approximate surface area is 255 Å². The second kappa shape index (κ2) is 14.5. The zero-order chi connectivity index (χ0) is 30.1. The van der Waals surface area contributed by atoms with Crippen molar-refractivity contribution in [1.29, 1.82) is 0 Å². The molecule has 0 saturated heterocycles. The minimum absolute atomic E-state index is 0.0365. The lowest BCUT2D eigenvalue weighted by molar-refractivity contribution is -0.116. The molecule has 0 aliphatic heterocycles. The van der Waals surface area contributed by atoms with Crippen LogP contribution in [-0.2, 0) is 9.59 Å². The summed E-state index contributed by atoms with van der Waals surface area (Å²) in [5, 5.41) is 8.79. The summed E-state index contributed by atoms with van der Waals surface area (Å²) < 4.78 is 0. The van der Waals surface area contributed by atoms with Crippen molar-refractivity contribution in [1.82, 2.24) is 5.32 Å². The molecule has 0 aliphatic rings. The Morgan fingerprint density at radius 3 is 2.19 bits per heavy atom. The fourth-order valence-corrected chi connectivity index (χ4v) is 5.44. The van der Waals surface area contributed by atoms with Gasteiger partial charge in [0, 0.05) is 26.9 Å². The maximum absolute atomic E-state index is 13.5. The Balaban J connectivity index is 1.52. The first kappa shape index (κ1) is 30.6. The van der Waals surface area contributed by atoms with Gasteiger partial charge in [-0.25, -0.2) is 0 Å². The van der Waals surface area contributed by atoms with E-state index in [0.717, 1.165) is 21.7 Å². The molecule has 4 aromatic carbocycles. The summed E-state index contributed by atoms with van der Waals surface area (Å²) >= 11 is 7.76. The van der Waals surface area contributed by atoms with Crippen molar-refractivity contribution in [3.05, 3.63) is 130 Å². The number of benzene rings is 4. The summed E-state index contributed by atoms with van der Waals surface area (Å²) in [5.41, 5.74) is 4.41. The van der Waals surface area contributed by atoms with E-state index in [0.29, 0.717) is 28.3 Å². The van der Waals surface area contributed by atoms with Gasteiger partial charge in [-0.2, -0.15) is 0 Å². The average molecular weight is 598 g/mol. The number of anilines is 2. The number of hydrogen-bond donors (Lipinski definition) is 3. The lowest BCUT2D eigenvalue weighted by Gasteiger charge is -2.18. The molecule has 3 N–H and O–H groups in total. The molecule has 4 aromatic rings. The fourth-order valence-electron chi connectivity index (χ4n) is 4.24. The monoisotopic (exact) mass is 597 g/mol. The number of nitrogens with one attached hydrogen (secondary N) is 3. The van der Waals surface area contributed by atoms with Gasteiger partial charge in [0.1, 0.15) is 5.70 Å². The summed E-state index contributed by atoms with van der Waals surface area (Å²) in [7, 11) is 0. The van der Waals surface area contributed by atoms with E-state index in [4.69, 9.17) is 11.6 Å². The third-order valence-corrected chi connectivity index (χ3v) is 8.20. The summed E-state index contributed by atoms with van der Waals surface area (Å²) in [6.07, 6.45) is 2.16. The Morgan fingerprint density at radius 1 is 0.833 bits per heavy atom. The molecule has 1 unspecified atom stereocenters. The van der Waals surface area contributed by atoms with E-state index in [2.05, 4.69) is 16.0 Å². The highest BCUT2D eigenvalue weighted by atomic mass is 35.5. The van der Waals surface area contributed by atoms with Gasteiger partial charge in [-0.3, -0.25) is 14.4 Å². The number of rotatable bonds is 10. The van der Waals surface area contributed by atoms with E-state index in [1.807, 2.05) is 63.2 Å². The lowest BCUT2D eigenvalue weighted by Crippen LogP contribution is -2.30. The van der Waals surface area contributed by atoms with E-state index in [-0.39, 0.29) is 16.9 Å². The maximum atomic E-state index is 13.5. The van der Waals surface area contributed by atoms with E-state index in [1.165, 1.54) is 11.8 Å². The smallest absolute Gasteiger partial charge is 0.272 e. The molecular formula is C34H32ClN3O3S. The van der Waals surface area contributed by atoms with Crippen LogP contribution in [0.3, 0.4) is 0 Å². The highest BCUT2D eigenvalue weighted by molar-refractivity contribution is 8.00. The van der Waals surface area contributed by atoms with Crippen molar-refractivity contribution in [3.8, 4) is 0 Å². The quantitative estimate of drug-likeness (QED) is 0.128. The van der Waals surface area contributed by atoms with Gasteiger partial charge < -0.3 is 16.0 Å². The minimum Gasteiger partial charge on any atom is -0.325 e. The van der Waals surface area contributed by atoms with Crippen molar-refractivity contribution in [2.75, 3.05) is 10.6 Å². The number of halogens is 1. The van der Waals surface area contributed by atoms with Crippen LogP contribution in [0.4, 0.5) is 11.4 Å². The van der Waals surface area contributed by atoms with Gasteiger partial charge in [0.2, 0.25) is 5.91 Å². The molecule has 214 valence electrons. The molecule has 0 aromatic heterocycles. The number of carbonyl (C=O) groups excluding carboxylic acids is 3. The summed E-state index contributed by atoms with van der Waals surface area (Å²) in [6.45, 7) is 5.91. The van der Waals surface area contributed by atoms with Crippen LogP contribution in [0.2, 0.25) is 5.02 Å².